The number of benzene rings is 2. The number of piperazine rings is 1. The second-order valence-electron chi connectivity index (χ2n) is 9.66. The van der Waals surface area contributed by atoms with E-state index in [1.807, 2.05) is 61.2 Å². The summed E-state index contributed by atoms with van der Waals surface area (Å²) < 4.78 is 47.4. The number of nitrogens with zero attached hydrogens (tertiary/aromatic N) is 3. The minimum absolute atomic E-state index is 0.0399. The molecule has 4 rings (SSSR count). The SMILES string of the molecule is CCCC1CC[C@H](C)N(Cc2ccc(N3CCN(C(=O)COC)CC3)cc2F)S1(=O)=O.c1ccccc1. The van der Waals surface area contributed by atoms with E-state index in [2.05, 4.69) is 0 Å². The molecule has 2 aliphatic heterocycles. The van der Waals surface area contributed by atoms with Gasteiger partial charge in [-0.25, -0.2) is 12.8 Å². The monoisotopic (exact) mass is 533 g/mol. The second kappa shape index (κ2) is 13.9. The highest BCUT2D eigenvalue weighted by Crippen LogP contribution is 2.31. The van der Waals surface area contributed by atoms with Crippen molar-refractivity contribution in [2.45, 2.75) is 57.4 Å². The van der Waals surface area contributed by atoms with Gasteiger partial charge in [0.1, 0.15) is 12.4 Å². The van der Waals surface area contributed by atoms with Crippen LogP contribution in [0.2, 0.25) is 0 Å². The number of amides is 1. The van der Waals surface area contributed by atoms with Crippen molar-refractivity contribution in [3.05, 3.63) is 66.0 Å². The van der Waals surface area contributed by atoms with Crippen LogP contribution in [0.5, 0.6) is 0 Å². The first-order valence-corrected chi connectivity index (χ1v) is 14.6. The Morgan fingerprint density at radius 3 is 2.19 bits per heavy atom. The summed E-state index contributed by atoms with van der Waals surface area (Å²) in [5.41, 5.74) is 1.14. The fraction of sp³-hybridized carbons (Fsp3) is 0.536. The van der Waals surface area contributed by atoms with Gasteiger partial charge in [0.15, 0.2) is 0 Å². The van der Waals surface area contributed by atoms with Gasteiger partial charge in [-0.15, -0.1) is 0 Å². The molecule has 2 aliphatic rings. The number of ether oxygens (including phenoxy) is 1. The lowest BCUT2D eigenvalue weighted by Gasteiger charge is -2.38. The summed E-state index contributed by atoms with van der Waals surface area (Å²) in [6.45, 7) is 6.38. The topological polar surface area (TPSA) is 70.2 Å². The largest absolute Gasteiger partial charge is 0.375 e. The van der Waals surface area contributed by atoms with Crippen molar-refractivity contribution in [3.8, 4) is 0 Å². The maximum absolute atomic E-state index is 15.0. The first-order valence-electron chi connectivity index (χ1n) is 13.1. The Balaban J connectivity index is 0.000000555. The van der Waals surface area contributed by atoms with Gasteiger partial charge in [0, 0.05) is 57.1 Å². The number of carbonyl (C=O) groups excluding carboxylic acids is 1. The van der Waals surface area contributed by atoms with Crippen molar-refractivity contribution in [2.75, 3.05) is 44.8 Å². The molecule has 2 atom stereocenters. The average molecular weight is 534 g/mol. The molecule has 204 valence electrons. The van der Waals surface area contributed by atoms with Gasteiger partial charge >= 0.3 is 0 Å². The van der Waals surface area contributed by atoms with Crippen molar-refractivity contribution in [1.82, 2.24) is 9.21 Å². The van der Waals surface area contributed by atoms with Crippen LogP contribution in [-0.2, 0) is 26.1 Å². The van der Waals surface area contributed by atoms with E-state index in [0.717, 1.165) is 18.5 Å². The van der Waals surface area contributed by atoms with Gasteiger partial charge in [-0.2, -0.15) is 4.31 Å². The van der Waals surface area contributed by atoms with Gasteiger partial charge in [-0.05, 0) is 38.3 Å². The molecular weight excluding hydrogens is 493 g/mol. The van der Waals surface area contributed by atoms with Gasteiger partial charge in [-0.1, -0.05) is 55.8 Å². The Bertz CT molecular complexity index is 1070. The van der Waals surface area contributed by atoms with Crippen molar-refractivity contribution >= 4 is 21.6 Å². The molecule has 1 amide bonds. The van der Waals surface area contributed by atoms with Crippen LogP contribution in [-0.4, -0.2) is 74.7 Å². The maximum Gasteiger partial charge on any atom is 0.248 e. The van der Waals surface area contributed by atoms with Crippen LogP contribution in [0.3, 0.4) is 0 Å². The molecule has 1 unspecified atom stereocenters. The summed E-state index contributed by atoms with van der Waals surface area (Å²) in [4.78, 5) is 15.7. The first kappa shape index (κ1) is 29.1. The van der Waals surface area contributed by atoms with E-state index in [9.17, 15) is 17.6 Å². The lowest BCUT2D eigenvalue weighted by Crippen LogP contribution is -2.49. The minimum atomic E-state index is -3.43. The minimum Gasteiger partial charge on any atom is -0.375 e. The van der Waals surface area contributed by atoms with Crippen LogP contribution < -0.4 is 4.90 Å². The molecule has 0 saturated carbocycles. The van der Waals surface area contributed by atoms with E-state index in [-0.39, 0.29) is 30.4 Å². The molecule has 0 bridgehead atoms. The van der Waals surface area contributed by atoms with E-state index < -0.39 is 15.8 Å². The van der Waals surface area contributed by atoms with Crippen LogP contribution in [0.15, 0.2) is 54.6 Å². The molecule has 2 aromatic carbocycles. The molecule has 0 aromatic heterocycles. The first-order chi connectivity index (χ1) is 17.8. The zero-order chi connectivity index (χ0) is 26.8. The zero-order valence-corrected chi connectivity index (χ0v) is 23.0. The number of carbonyl (C=O) groups is 1. The van der Waals surface area contributed by atoms with Crippen LogP contribution >= 0.6 is 0 Å². The molecule has 2 fully saturated rings. The highest BCUT2D eigenvalue weighted by Gasteiger charge is 2.39. The number of sulfonamides is 1. The summed E-state index contributed by atoms with van der Waals surface area (Å²) >= 11 is 0. The lowest BCUT2D eigenvalue weighted by atomic mass is 10.1. The maximum atomic E-state index is 15.0. The standard InChI is InChI=1S/C22H34FN3O4S.C6H6/c1-4-5-20-9-6-17(2)26(31(20,28)29)15-18-7-8-19(14-21(18)23)24-10-12-25(13-11-24)22(27)16-30-3;1-2-4-6-5-3-1/h7-8,14,17,20H,4-6,9-13,15-16H2,1-3H3;1-6H/t17-,20?;/m0./s1. The third-order valence-electron chi connectivity index (χ3n) is 7.05. The molecule has 0 radical (unpaired) electrons. The lowest BCUT2D eigenvalue weighted by molar-refractivity contribution is -0.135. The van der Waals surface area contributed by atoms with Crippen LogP contribution in [0, 0.1) is 5.82 Å². The van der Waals surface area contributed by atoms with E-state index in [4.69, 9.17) is 4.74 Å². The van der Waals surface area contributed by atoms with Gasteiger partial charge in [-0.3, -0.25) is 4.79 Å². The summed E-state index contributed by atoms with van der Waals surface area (Å²) in [5, 5.41) is -0.367. The van der Waals surface area contributed by atoms with E-state index in [0.29, 0.717) is 44.6 Å². The van der Waals surface area contributed by atoms with Crippen molar-refractivity contribution < 1.29 is 22.3 Å². The third-order valence-corrected chi connectivity index (χ3v) is 9.51. The van der Waals surface area contributed by atoms with E-state index in [1.165, 1.54) is 17.5 Å². The molecule has 9 heteroatoms. The average Bonchev–Trinajstić information content (AvgIpc) is 2.91. The number of hydrogen-bond donors (Lipinski definition) is 0. The van der Waals surface area contributed by atoms with Gasteiger partial charge in [0.05, 0.1) is 5.25 Å². The summed E-state index contributed by atoms with van der Waals surface area (Å²) in [6, 6.07) is 16.9. The molecule has 7 nitrogen and oxygen atoms in total. The van der Waals surface area contributed by atoms with Crippen molar-refractivity contribution in [1.29, 1.82) is 0 Å². The fourth-order valence-electron chi connectivity index (χ4n) is 4.87. The van der Waals surface area contributed by atoms with E-state index in [1.54, 1.807) is 11.0 Å². The predicted molar refractivity (Wildman–Crippen MR) is 145 cm³/mol. The molecule has 0 aliphatic carbocycles. The normalized spacial score (nSPS) is 21.7. The van der Waals surface area contributed by atoms with Crippen LogP contribution in [0.4, 0.5) is 10.1 Å². The molecule has 0 spiro atoms. The second-order valence-corrected chi connectivity index (χ2v) is 11.8. The van der Waals surface area contributed by atoms with Crippen molar-refractivity contribution in [2.24, 2.45) is 0 Å². The number of methoxy groups -OCH3 is 1. The Labute approximate surface area is 221 Å². The summed E-state index contributed by atoms with van der Waals surface area (Å²) in [6.07, 6.45) is 2.94. The Kier molecular flexibility index (Phi) is 10.9. The van der Waals surface area contributed by atoms with Crippen molar-refractivity contribution in [3.63, 3.8) is 0 Å². The molecule has 2 heterocycles. The van der Waals surface area contributed by atoms with Gasteiger partial charge in [0.25, 0.3) is 0 Å². The Morgan fingerprint density at radius 1 is 1.03 bits per heavy atom. The summed E-state index contributed by atoms with van der Waals surface area (Å²) in [7, 11) is -1.93. The van der Waals surface area contributed by atoms with Crippen LogP contribution in [0.1, 0.15) is 45.1 Å². The highest BCUT2D eigenvalue weighted by molar-refractivity contribution is 7.89. The van der Waals surface area contributed by atoms with Gasteiger partial charge in [0.2, 0.25) is 15.9 Å². The molecule has 37 heavy (non-hydrogen) atoms. The quantitative estimate of drug-likeness (QED) is 0.531. The fourth-order valence-corrected chi connectivity index (χ4v) is 7.14. The number of anilines is 1. The number of hydrogen-bond acceptors (Lipinski definition) is 5. The third kappa shape index (κ3) is 7.75. The number of halogens is 1. The molecule has 2 aromatic rings. The highest BCUT2D eigenvalue weighted by atomic mass is 32.2. The number of rotatable bonds is 7. The predicted octanol–water partition coefficient (Wildman–Crippen LogP) is 4.29. The Hall–Kier alpha value is -2.49. The smallest absolute Gasteiger partial charge is 0.248 e. The molecular formula is C28H40FN3O4S. The van der Waals surface area contributed by atoms with Gasteiger partial charge < -0.3 is 14.5 Å². The zero-order valence-electron chi connectivity index (χ0n) is 22.2. The van der Waals surface area contributed by atoms with E-state index >= 15 is 0 Å². The summed E-state index contributed by atoms with van der Waals surface area (Å²) in [5.74, 6) is -0.433. The van der Waals surface area contributed by atoms with Crippen LogP contribution in [0.25, 0.3) is 0 Å². The Morgan fingerprint density at radius 2 is 1.65 bits per heavy atom. The molecule has 2 saturated heterocycles. The molecule has 0 N–H and O–H groups in total.